The number of benzene rings is 2. The van der Waals surface area contributed by atoms with Gasteiger partial charge in [-0.25, -0.2) is 0 Å². The van der Waals surface area contributed by atoms with Crippen LogP contribution in [0.15, 0.2) is 65.8 Å². The highest BCUT2D eigenvalue weighted by Crippen LogP contribution is 2.42. The van der Waals surface area contributed by atoms with Gasteiger partial charge in [0.2, 0.25) is 0 Å². The van der Waals surface area contributed by atoms with Crippen molar-refractivity contribution < 1.29 is 4.79 Å². The van der Waals surface area contributed by atoms with Crippen molar-refractivity contribution in [2.24, 2.45) is 4.99 Å². The van der Waals surface area contributed by atoms with Gasteiger partial charge in [0.1, 0.15) is 11.4 Å². The molecule has 2 heterocycles. The third kappa shape index (κ3) is 1.36. The minimum atomic E-state index is -0.553. The molecule has 0 aromatic heterocycles. The lowest BCUT2D eigenvalue weighted by molar-refractivity contribution is -0.124. The molecular weight excluding hydrogens is 272 g/mol. The van der Waals surface area contributed by atoms with Crippen LogP contribution in [0.4, 0.5) is 0 Å². The van der Waals surface area contributed by atoms with Crippen molar-refractivity contribution in [3.05, 3.63) is 72.0 Å². The summed E-state index contributed by atoms with van der Waals surface area (Å²) in [5.74, 6) is 0.753. The van der Waals surface area contributed by atoms with Crippen LogP contribution in [0.1, 0.15) is 11.1 Å². The fourth-order valence-electron chi connectivity index (χ4n) is 3.95. The number of hydrogen-bond donors (Lipinski definition) is 0. The zero-order valence-corrected chi connectivity index (χ0v) is 12.0. The maximum Gasteiger partial charge on any atom is 0.274 e. The molecule has 0 saturated heterocycles. The van der Waals surface area contributed by atoms with Gasteiger partial charge in [-0.3, -0.25) is 4.79 Å². The van der Waals surface area contributed by atoms with Gasteiger partial charge < -0.3 is 4.90 Å². The van der Waals surface area contributed by atoms with Crippen LogP contribution in [-0.2, 0) is 17.6 Å². The molecular formula is C19H14N2O. The molecule has 0 saturated carbocycles. The van der Waals surface area contributed by atoms with E-state index in [-0.39, 0.29) is 5.91 Å². The third-order valence-corrected chi connectivity index (χ3v) is 5.00. The summed E-state index contributed by atoms with van der Waals surface area (Å²) in [5, 5.41) is 2.49. The van der Waals surface area contributed by atoms with Crippen molar-refractivity contribution in [3.8, 4) is 0 Å². The van der Waals surface area contributed by atoms with E-state index in [4.69, 9.17) is 0 Å². The summed E-state index contributed by atoms with van der Waals surface area (Å²) in [6.07, 6.45) is 9.26. The lowest BCUT2D eigenvalue weighted by Crippen LogP contribution is -2.49. The maximum atomic E-state index is 12.7. The molecule has 5 rings (SSSR count). The summed E-state index contributed by atoms with van der Waals surface area (Å²) in [4.78, 5) is 19.0. The smallest absolute Gasteiger partial charge is 0.274 e. The maximum absolute atomic E-state index is 12.7. The second-order valence-corrected chi connectivity index (χ2v) is 6.16. The van der Waals surface area contributed by atoms with Crippen LogP contribution in [0.25, 0.3) is 10.8 Å². The van der Waals surface area contributed by atoms with E-state index < -0.39 is 5.54 Å². The average molecular weight is 286 g/mol. The SMILES string of the molecule is O=C1N=C2C=CC=CN2C12Cc1ccc3ccccc3c1C2. The zero-order chi connectivity index (χ0) is 14.7. The first kappa shape index (κ1) is 11.9. The van der Waals surface area contributed by atoms with Crippen molar-refractivity contribution >= 4 is 22.5 Å². The molecule has 0 radical (unpaired) electrons. The van der Waals surface area contributed by atoms with Crippen LogP contribution in [0.3, 0.4) is 0 Å². The topological polar surface area (TPSA) is 32.7 Å². The second-order valence-electron chi connectivity index (χ2n) is 6.16. The number of hydrogen-bond acceptors (Lipinski definition) is 2. The zero-order valence-electron chi connectivity index (χ0n) is 12.0. The van der Waals surface area contributed by atoms with E-state index in [9.17, 15) is 4.79 Å². The van der Waals surface area contributed by atoms with E-state index in [1.807, 2.05) is 24.4 Å². The van der Waals surface area contributed by atoms with Crippen LogP contribution in [-0.4, -0.2) is 22.2 Å². The largest absolute Gasteiger partial charge is 0.317 e. The van der Waals surface area contributed by atoms with Gasteiger partial charge >= 0.3 is 0 Å². The van der Waals surface area contributed by atoms with Gasteiger partial charge in [-0.05, 0) is 34.1 Å². The Kier molecular flexibility index (Phi) is 2.14. The Morgan fingerprint density at radius 3 is 2.91 bits per heavy atom. The fourth-order valence-corrected chi connectivity index (χ4v) is 3.95. The molecule has 22 heavy (non-hydrogen) atoms. The number of amidine groups is 1. The highest BCUT2D eigenvalue weighted by molar-refractivity contribution is 6.13. The Balaban J connectivity index is 1.68. The lowest BCUT2D eigenvalue weighted by atomic mass is 9.93. The van der Waals surface area contributed by atoms with Gasteiger partial charge in [0.25, 0.3) is 5.91 Å². The van der Waals surface area contributed by atoms with Crippen LogP contribution in [0.2, 0.25) is 0 Å². The average Bonchev–Trinajstić information content (AvgIpc) is 3.08. The molecule has 3 aliphatic rings. The minimum Gasteiger partial charge on any atom is -0.317 e. The van der Waals surface area contributed by atoms with Crippen LogP contribution < -0.4 is 0 Å². The molecule has 1 atom stereocenters. The summed E-state index contributed by atoms with van der Waals surface area (Å²) in [6, 6.07) is 12.7. The summed E-state index contributed by atoms with van der Waals surface area (Å²) >= 11 is 0. The molecule has 1 spiro atoms. The number of carbonyl (C=O) groups is 1. The molecule has 1 unspecified atom stereocenters. The number of allylic oxidation sites excluding steroid dienone is 2. The van der Waals surface area contributed by atoms with Gasteiger partial charge in [0, 0.05) is 19.0 Å². The van der Waals surface area contributed by atoms with Gasteiger partial charge in [0.15, 0.2) is 0 Å². The molecule has 2 aromatic rings. The lowest BCUT2D eigenvalue weighted by Gasteiger charge is -2.32. The third-order valence-electron chi connectivity index (χ3n) is 5.00. The number of amides is 1. The first-order chi connectivity index (χ1) is 10.8. The van der Waals surface area contributed by atoms with Gasteiger partial charge in [0.05, 0.1) is 0 Å². The number of fused-ring (bicyclic) bond motifs is 5. The van der Waals surface area contributed by atoms with Crippen LogP contribution in [0, 0.1) is 0 Å². The molecule has 3 nitrogen and oxygen atoms in total. The van der Waals surface area contributed by atoms with Crippen molar-refractivity contribution in [2.75, 3.05) is 0 Å². The second kappa shape index (κ2) is 3.95. The minimum absolute atomic E-state index is 0.0148. The van der Waals surface area contributed by atoms with Crippen LogP contribution in [0.5, 0.6) is 0 Å². The van der Waals surface area contributed by atoms with Crippen molar-refractivity contribution in [2.45, 2.75) is 18.4 Å². The van der Waals surface area contributed by atoms with Gasteiger partial charge in [-0.15, -0.1) is 0 Å². The molecule has 0 bridgehead atoms. The van der Waals surface area contributed by atoms with Gasteiger partial charge in [-0.1, -0.05) is 42.5 Å². The summed E-state index contributed by atoms with van der Waals surface area (Å²) in [5.41, 5.74) is 2.01. The highest BCUT2D eigenvalue weighted by Gasteiger charge is 2.53. The fraction of sp³-hybridized carbons (Fsp3) is 0.158. The first-order valence-corrected chi connectivity index (χ1v) is 7.55. The molecule has 3 heteroatoms. The number of carbonyl (C=O) groups excluding carboxylic acids is 1. The van der Waals surface area contributed by atoms with Crippen molar-refractivity contribution in [3.63, 3.8) is 0 Å². The Bertz CT molecular complexity index is 922. The Morgan fingerprint density at radius 1 is 1.05 bits per heavy atom. The quantitative estimate of drug-likeness (QED) is 0.746. The summed E-state index contributed by atoms with van der Waals surface area (Å²) in [7, 11) is 0. The number of nitrogens with zero attached hydrogens (tertiary/aromatic N) is 2. The number of rotatable bonds is 0. The standard InChI is InChI=1S/C19H14N2O/c22-18-19(21-10-4-3-7-17(21)20-18)11-14-9-8-13-5-1-2-6-15(13)16(14)12-19/h1-10H,11-12H2. The Morgan fingerprint density at radius 2 is 1.95 bits per heavy atom. The van der Waals surface area contributed by atoms with E-state index in [0.29, 0.717) is 0 Å². The molecule has 0 N–H and O–H groups in total. The molecule has 1 aliphatic carbocycles. The molecule has 1 amide bonds. The highest BCUT2D eigenvalue weighted by atomic mass is 16.2. The molecule has 2 aromatic carbocycles. The van der Waals surface area contributed by atoms with Crippen molar-refractivity contribution in [1.29, 1.82) is 0 Å². The predicted octanol–water partition coefficient (Wildman–Crippen LogP) is 3.00. The monoisotopic (exact) mass is 286 g/mol. The summed E-state index contributed by atoms with van der Waals surface area (Å²) in [6.45, 7) is 0. The van der Waals surface area contributed by atoms with E-state index in [0.717, 1.165) is 18.7 Å². The van der Waals surface area contributed by atoms with E-state index >= 15 is 0 Å². The first-order valence-electron chi connectivity index (χ1n) is 7.55. The van der Waals surface area contributed by atoms with Gasteiger partial charge in [-0.2, -0.15) is 4.99 Å². The molecule has 0 fully saturated rings. The molecule has 2 aliphatic heterocycles. The van der Waals surface area contributed by atoms with Crippen LogP contribution >= 0.6 is 0 Å². The normalized spacial score (nSPS) is 25.0. The Hall–Kier alpha value is -2.68. The Labute approximate surface area is 128 Å². The summed E-state index contributed by atoms with van der Waals surface area (Å²) < 4.78 is 0. The van der Waals surface area contributed by atoms with E-state index in [2.05, 4.69) is 46.3 Å². The molecule has 106 valence electrons. The number of aliphatic imine (C=N–C) groups is 1. The van der Waals surface area contributed by atoms with Crippen molar-refractivity contribution in [1.82, 2.24) is 4.90 Å². The van der Waals surface area contributed by atoms with E-state index in [1.54, 1.807) is 0 Å². The van der Waals surface area contributed by atoms with E-state index in [1.165, 1.54) is 21.9 Å². The predicted molar refractivity (Wildman–Crippen MR) is 86.6 cm³/mol.